The highest BCUT2D eigenvalue weighted by atomic mass is 19.4. The number of hydrogen-bond acceptors (Lipinski definition) is 4. The number of nitrogens with zero attached hydrogens (tertiary/aromatic N) is 3. The number of anilines is 2. The van der Waals surface area contributed by atoms with E-state index in [1.165, 1.54) is 4.90 Å². The minimum atomic E-state index is -4.26. The molecule has 1 aliphatic rings. The topological polar surface area (TPSA) is 41.0 Å². The fraction of sp³-hybridized carbons (Fsp3) is 0.714. The zero-order valence-corrected chi connectivity index (χ0v) is 12.5. The van der Waals surface area contributed by atoms with Gasteiger partial charge in [0.2, 0.25) is 0 Å². The first-order chi connectivity index (χ1) is 9.80. The fourth-order valence-electron chi connectivity index (χ4n) is 2.12. The molecule has 21 heavy (non-hydrogen) atoms. The van der Waals surface area contributed by atoms with Crippen molar-refractivity contribution in [2.75, 3.05) is 23.3 Å². The summed E-state index contributed by atoms with van der Waals surface area (Å²) in [5.74, 6) is 1.88. The van der Waals surface area contributed by atoms with E-state index in [4.69, 9.17) is 0 Å². The second-order valence-electron chi connectivity index (χ2n) is 5.61. The standard InChI is InChI=1S/C14H21F3N4/c1-4-18-11-7-12(20-13(19-11)10-5-6-10)21(9(2)3)8-14(15,16)17/h7,9-10H,4-6,8H2,1-3H3,(H,18,19,20). The van der Waals surface area contributed by atoms with Crippen molar-refractivity contribution in [3.05, 3.63) is 11.9 Å². The molecule has 0 atom stereocenters. The monoisotopic (exact) mass is 302 g/mol. The molecule has 0 radical (unpaired) electrons. The maximum absolute atomic E-state index is 12.8. The smallest absolute Gasteiger partial charge is 0.370 e. The summed E-state index contributed by atoms with van der Waals surface area (Å²) in [6.07, 6.45) is -2.24. The molecule has 0 saturated heterocycles. The van der Waals surface area contributed by atoms with Crippen LogP contribution >= 0.6 is 0 Å². The SMILES string of the molecule is CCNc1cc(N(CC(F)(F)F)C(C)C)nc(C2CC2)n1. The molecule has 1 heterocycles. The zero-order chi connectivity index (χ0) is 15.6. The molecule has 0 aliphatic heterocycles. The molecule has 1 aromatic rings. The Labute approximate surface area is 122 Å². The minimum Gasteiger partial charge on any atom is -0.370 e. The van der Waals surface area contributed by atoms with E-state index in [9.17, 15) is 13.2 Å². The fourth-order valence-corrected chi connectivity index (χ4v) is 2.12. The van der Waals surface area contributed by atoms with Crippen molar-refractivity contribution in [3.8, 4) is 0 Å². The van der Waals surface area contributed by atoms with E-state index in [2.05, 4.69) is 15.3 Å². The van der Waals surface area contributed by atoms with Crippen molar-refractivity contribution in [2.24, 2.45) is 0 Å². The van der Waals surface area contributed by atoms with Crippen molar-refractivity contribution in [2.45, 2.75) is 51.7 Å². The van der Waals surface area contributed by atoms with Crippen LogP contribution in [0.1, 0.15) is 45.4 Å². The molecule has 2 rings (SSSR count). The van der Waals surface area contributed by atoms with Crippen LogP contribution in [0.15, 0.2) is 6.07 Å². The van der Waals surface area contributed by atoms with Gasteiger partial charge in [-0.05, 0) is 33.6 Å². The number of hydrogen-bond donors (Lipinski definition) is 1. The van der Waals surface area contributed by atoms with Gasteiger partial charge in [-0.1, -0.05) is 0 Å². The van der Waals surface area contributed by atoms with E-state index in [0.29, 0.717) is 29.9 Å². The Morgan fingerprint density at radius 2 is 2.00 bits per heavy atom. The Morgan fingerprint density at radius 1 is 1.33 bits per heavy atom. The molecule has 0 aromatic carbocycles. The highest BCUT2D eigenvalue weighted by molar-refractivity contribution is 5.50. The van der Waals surface area contributed by atoms with E-state index in [-0.39, 0.29) is 6.04 Å². The van der Waals surface area contributed by atoms with Crippen molar-refractivity contribution in [3.63, 3.8) is 0 Å². The van der Waals surface area contributed by atoms with Crippen LogP contribution in [0, 0.1) is 0 Å². The number of aromatic nitrogens is 2. The molecule has 1 saturated carbocycles. The lowest BCUT2D eigenvalue weighted by Gasteiger charge is -2.29. The van der Waals surface area contributed by atoms with Gasteiger partial charge in [0.05, 0.1) is 0 Å². The van der Waals surface area contributed by atoms with Crippen LogP contribution in [0.25, 0.3) is 0 Å². The molecule has 0 spiro atoms. The summed E-state index contributed by atoms with van der Waals surface area (Å²) in [7, 11) is 0. The third-order valence-corrected chi connectivity index (χ3v) is 3.30. The number of rotatable bonds is 6. The van der Waals surface area contributed by atoms with Crippen molar-refractivity contribution >= 4 is 11.6 Å². The quantitative estimate of drug-likeness (QED) is 0.872. The largest absolute Gasteiger partial charge is 0.405 e. The predicted octanol–water partition coefficient (Wildman–Crippen LogP) is 3.56. The van der Waals surface area contributed by atoms with Crippen LogP contribution in [-0.2, 0) is 0 Å². The van der Waals surface area contributed by atoms with Gasteiger partial charge in [-0.3, -0.25) is 0 Å². The number of nitrogens with one attached hydrogen (secondary N) is 1. The molecule has 118 valence electrons. The van der Waals surface area contributed by atoms with Crippen LogP contribution in [-0.4, -0.2) is 35.3 Å². The molecule has 0 bridgehead atoms. The lowest BCUT2D eigenvalue weighted by Crippen LogP contribution is -2.39. The van der Waals surface area contributed by atoms with E-state index < -0.39 is 12.7 Å². The lowest BCUT2D eigenvalue weighted by atomic mass is 10.3. The molecule has 4 nitrogen and oxygen atoms in total. The molecule has 0 amide bonds. The van der Waals surface area contributed by atoms with Gasteiger partial charge in [-0.2, -0.15) is 13.2 Å². The summed E-state index contributed by atoms with van der Waals surface area (Å²) in [4.78, 5) is 10.0. The van der Waals surface area contributed by atoms with Gasteiger partial charge in [-0.15, -0.1) is 0 Å². The second kappa shape index (κ2) is 6.07. The zero-order valence-electron chi connectivity index (χ0n) is 12.5. The normalized spacial score (nSPS) is 15.4. The van der Waals surface area contributed by atoms with Crippen LogP contribution < -0.4 is 10.2 Å². The van der Waals surface area contributed by atoms with Crippen LogP contribution in [0.4, 0.5) is 24.8 Å². The predicted molar refractivity (Wildman–Crippen MR) is 76.7 cm³/mol. The minimum absolute atomic E-state index is 0.289. The maximum Gasteiger partial charge on any atom is 0.405 e. The summed E-state index contributed by atoms with van der Waals surface area (Å²) < 4.78 is 38.3. The Bertz CT molecular complexity index is 484. The van der Waals surface area contributed by atoms with Gasteiger partial charge >= 0.3 is 6.18 Å². The summed E-state index contributed by atoms with van der Waals surface area (Å²) in [6, 6.07) is 1.31. The molecule has 0 unspecified atom stereocenters. The van der Waals surface area contributed by atoms with Crippen molar-refractivity contribution < 1.29 is 13.2 Å². The average Bonchev–Trinajstić information content (AvgIpc) is 3.19. The summed E-state index contributed by atoms with van der Waals surface area (Å²) in [6.45, 7) is 5.06. The maximum atomic E-state index is 12.8. The first kappa shape index (κ1) is 15.9. The molecule has 1 N–H and O–H groups in total. The number of alkyl halides is 3. The van der Waals surface area contributed by atoms with Gasteiger partial charge in [-0.25, -0.2) is 9.97 Å². The van der Waals surface area contributed by atoms with E-state index in [1.807, 2.05) is 6.92 Å². The van der Waals surface area contributed by atoms with Gasteiger partial charge in [0.25, 0.3) is 0 Å². The van der Waals surface area contributed by atoms with Crippen molar-refractivity contribution in [1.29, 1.82) is 0 Å². The van der Waals surface area contributed by atoms with Crippen LogP contribution in [0.2, 0.25) is 0 Å². The Balaban J connectivity index is 2.33. The van der Waals surface area contributed by atoms with E-state index >= 15 is 0 Å². The van der Waals surface area contributed by atoms with Crippen LogP contribution in [0.5, 0.6) is 0 Å². The third-order valence-electron chi connectivity index (χ3n) is 3.30. The lowest BCUT2D eigenvalue weighted by molar-refractivity contribution is -0.120. The third kappa shape index (κ3) is 4.47. The van der Waals surface area contributed by atoms with E-state index in [0.717, 1.165) is 12.8 Å². The van der Waals surface area contributed by atoms with Gasteiger partial charge < -0.3 is 10.2 Å². The second-order valence-corrected chi connectivity index (χ2v) is 5.61. The summed E-state index contributed by atoms with van der Waals surface area (Å²) >= 11 is 0. The first-order valence-corrected chi connectivity index (χ1v) is 7.26. The Hall–Kier alpha value is -1.53. The molecule has 1 fully saturated rings. The Kier molecular flexibility index (Phi) is 4.58. The van der Waals surface area contributed by atoms with Gasteiger partial charge in [0, 0.05) is 24.6 Å². The van der Waals surface area contributed by atoms with Crippen molar-refractivity contribution in [1.82, 2.24) is 9.97 Å². The molecule has 1 aromatic heterocycles. The molecule has 7 heteroatoms. The highest BCUT2D eigenvalue weighted by Gasteiger charge is 2.34. The first-order valence-electron chi connectivity index (χ1n) is 7.26. The molecular weight excluding hydrogens is 281 g/mol. The van der Waals surface area contributed by atoms with Gasteiger partial charge in [0.1, 0.15) is 24.0 Å². The molecule has 1 aliphatic carbocycles. The highest BCUT2D eigenvalue weighted by Crippen LogP contribution is 2.39. The average molecular weight is 302 g/mol. The Morgan fingerprint density at radius 3 is 2.48 bits per heavy atom. The van der Waals surface area contributed by atoms with Crippen LogP contribution in [0.3, 0.4) is 0 Å². The molecular formula is C14H21F3N4. The number of halogens is 3. The van der Waals surface area contributed by atoms with E-state index in [1.54, 1.807) is 19.9 Å². The van der Waals surface area contributed by atoms with Gasteiger partial charge in [0.15, 0.2) is 0 Å². The summed E-state index contributed by atoms with van der Waals surface area (Å²) in [5.41, 5.74) is 0. The summed E-state index contributed by atoms with van der Waals surface area (Å²) in [5, 5.41) is 3.07.